The van der Waals surface area contributed by atoms with Crippen LogP contribution in [-0.2, 0) is 0 Å². The van der Waals surface area contributed by atoms with E-state index in [1.54, 1.807) is 170 Å². The number of aliphatic hydroxyl groups is 6. The molecule has 0 radical (unpaired) electrons. The van der Waals surface area contributed by atoms with Crippen LogP contribution in [0.1, 0.15) is 170 Å². The minimum Gasteiger partial charge on any atom is -0.397 e. The Hall–Kier alpha value is -0.240. The van der Waals surface area contributed by atoms with Gasteiger partial charge < -0.3 is 30.6 Å². The second-order valence-corrected chi connectivity index (χ2v) is 21.2. The molecule has 6 heteroatoms. The molecule has 0 spiro atoms. The van der Waals surface area contributed by atoms with Gasteiger partial charge in [-0.3, -0.25) is 0 Å². The normalized spacial score (nSPS) is 47.4. The smallest absolute Gasteiger partial charge is 0.0402 e. The van der Waals surface area contributed by atoms with Crippen LogP contribution in [0.4, 0.5) is 0 Å². The first-order chi connectivity index (χ1) is 28.3. The van der Waals surface area contributed by atoms with Gasteiger partial charge >= 0.3 is 0 Å². The van der Waals surface area contributed by atoms with Gasteiger partial charge in [-0.1, -0.05) is 12.8 Å². The highest BCUT2D eigenvalue weighted by Crippen LogP contribution is 2.73. The molecule has 13 rings (SSSR count). The molecule has 0 aliphatic heterocycles. The van der Waals surface area contributed by atoms with Crippen LogP contribution >= 0.6 is 0 Å². The summed E-state index contributed by atoms with van der Waals surface area (Å²) in [6.07, 6.45) is 32.4. The zero-order valence-corrected chi connectivity index (χ0v) is 38.6. The van der Waals surface area contributed by atoms with Gasteiger partial charge in [0.05, 0.1) is 0 Å². The van der Waals surface area contributed by atoms with E-state index in [1.807, 2.05) is 0 Å². The maximum absolute atomic E-state index is 7.57. The largest absolute Gasteiger partial charge is 0.397 e. The molecule has 6 N–H and O–H groups in total. The Kier molecular flexibility index (Phi) is 20.2. The van der Waals surface area contributed by atoms with Crippen LogP contribution < -0.4 is 0 Å². The highest BCUT2D eigenvalue weighted by atomic mass is 16.3. The van der Waals surface area contributed by atoms with E-state index in [4.69, 9.17) is 30.6 Å². The topological polar surface area (TPSA) is 121 Å². The number of rotatable bonds is 0. The summed E-state index contributed by atoms with van der Waals surface area (Å²) in [6, 6.07) is 0. The molecule has 20 unspecified atom stereocenters. The summed E-state index contributed by atoms with van der Waals surface area (Å²) in [6.45, 7) is 11.6. The molecule has 13 fully saturated rings. The quantitative estimate of drug-likeness (QED) is 0.136. The highest BCUT2D eigenvalue weighted by Gasteiger charge is 2.66. The molecule has 58 heavy (non-hydrogen) atoms. The van der Waals surface area contributed by atoms with Crippen molar-refractivity contribution in [2.75, 3.05) is 39.6 Å². The Labute approximate surface area is 357 Å². The molecule has 0 heterocycles. The van der Waals surface area contributed by atoms with Crippen molar-refractivity contribution in [3.8, 4) is 0 Å². The van der Waals surface area contributed by atoms with Crippen molar-refractivity contribution in [2.45, 2.75) is 170 Å². The van der Waals surface area contributed by atoms with E-state index in [2.05, 4.69) is 0 Å². The van der Waals surface area contributed by atoms with Crippen LogP contribution in [0.25, 0.3) is 0 Å². The van der Waals surface area contributed by atoms with Crippen LogP contribution in [0.3, 0.4) is 0 Å². The average molecular weight is 817 g/mol. The molecule has 0 aromatic rings. The average Bonchev–Trinajstić information content (AvgIpc) is 4.05. The molecular weight excluding hydrogens is 721 g/mol. The van der Waals surface area contributed by atoms with Crippen LogP contribution in [0.5, 0.6) is 0 Å². The molecule has 20 atom stereocenters. The molecule has 0 amide bonds. The minimum absolute atomic E-state index is 0.250. The lowest BCUT2D eigenvalue weighted by atomic mass is 9.64. The predicted molar refractivity (Wildman–Crippen MR) is 239 cm³/mol. The van der Waals surface area contributed by atoms with Crippen LogP contribution in [0.2, 0.25) is 0 Å². The van der Waals surface area contributed by atoms with E-state index < -0.39 is 0 Å². The van der Waals surface area contributed by atoms with Gasteiger partial charge in [-0.05, 0) is 275 Å². The van der Waals surface area contributed by atoms with Crippen molar-refractivity contribution in [1.82, 2.24) is 0 Å². The third-order valence-corrected chi connectivity index (χ3v) is 19.0. The van der Waals surface area contributed by atoms with Gasteiger partial charge in [0, 0.05) is 39.6 Å². The van der Waals surface area contributed by atoms with E-state index in [0.29, 0.717) is 0 Å². The fourth-order valence-corrected chi connectivity index (χ4v) is 18.4. The van der Waals surface area contributed by atoms with Crippen molar-refractivity contribution in [3.05, 3.63) is 0 Å². The lowest BCUT2D eigenvalue weighted by Gasteiger charge is -2.40. The van der Waals surface area contributed by atoms with Crippen molar-refractivity contribution < 1.29 is 30.6 Å². The van der Waals surface area contributed by atoms with Gasteiger partial charge in [0.1, 0.15) is 0 Å². The van der Waals surface area contributed by atoms with Gasteiger partial charge in [-0.25, -0.2) is 0 Å². The molecular formula is C52H96O6. The summed E-state index contributed by atoms with van der Waals surface area (Å²) in [4.78, 5) is 0. The summed E-state index contributed by atoms with van der Waals surface area (Å²) in [5, 5.41) is 45.4. The Balaban J connectivity index is 0.000000140. The summed E-state index contributed by atoms with van der Waals surface area (Å²) < 4.78 is 0. The van der Waals surface area contributed by atoms with E-state index in [-0.39, 0.29) is 39.6 Å². The van der Waals surface area contributed by atoms with E-state index >= 15 is 0 Å². The summed E-state index contributed by atoms with van der Waals surface area (Å²) in [5.74, 6) is 24.3. The van der Waals surface area contributed by atoms with E-state index in [1.165, 1.54) is 118 Å². The van der Waals surface area contributed by atoms with E-state index in [0.717, 1.165) is 0 Å². The number of hydrogen-bond donors (Lipinski definition) is 6. The molecule has 0 saturated heterocycles. The second kappa shape index (κ2) is 24.0. The van der Waals surface area contributed by atoms with Crippen molar-refractivity contribution in [2.24, 2.45) is 118 Å². The minimum atomic E-state index is 0.250. The van der Waals surface area contributed by atoms with E-state index in [9.17, 15) is 0 Å². The maximum Gasteiger partial charge on any atom is 0.0402 e. The zero-order valence-electron chi connectivity index (χ0n) is 38.6. The number of aliphatic hydroxyl groups excluding tert-OH is 6. The summed E-state index contributed by atoms with van der Waals surface area (Å²) in [5.41, 5.74) is 0. The van der Waals surface area contributed by atoms with Gasteiger partial charge in [0.2, 0.25) is 0 Å². The van der Waals surface area contributed by atoms with Crippen LogP contribution in [0.15, 0.2) is 0 Å². The third kappa shape index (κ3) is 10.2. The summed E-state index contributed by atoms with van der Waals surface area (Å²) in [7, 11) is 0. The Morgan fingerprint density at radius 3 is 0.776 bits per heavy atom. The van der Waals surface area contributed by atoms with Gasteiger partial charge in [0.25, 0.3) is 0 Å². The SMILES string of the molecule is C1CC2C(C1)C1CC2C2C3CCC(C3)C12.C1CC2C3CCC(C3)C2C1.C1CC2CC1C1CC3C4CCC(C4)C3C21.CCO.CCO.CCO.CCO.CCO.CCO. The molecule has 13 aliphatic carbocycles. The Morgan fingerprint density at radius 1 is 0.241 bits per heavy atom. The van der Waals surface area contributed by atoms with Crippen LogP contribution in [0, 0.1) is 118 Å². The molecule has 13 aliphatic rings. The molecule has 13 saturated carbocycles. The monoisotopic (exact) mass is 817 g/mol. The van der Waals surface area contributed by atoms with Gasteiger partial charge in [0.15, 0.2) is 0 Å². The predicted octanol–water partition coefficient (Wildman–Crippen LogP) is 10.3. The summed E-state index contributed by atoms with van der Waals surface area (Å²) >= 11 is 0. The maximum atomic E-state index is 7.57. The zero-order chi connectivity index (χ0) is 41.9. The first-order valence-electron chi connectivity index (χ1n) is 25.9. The van der Waals surface area contributed by atoms with Crippen molar-refractivity contribution >= 4 is 0 Å². The molecule has 10 bridgehead atoms. The lowest BCUT2D eigenvalue weighted by Crippen LogP contribution is -2.35. The lowest BCUT2D eigenvalue weighted by molar-refractivity contribution is 0.0716. The highest BCUT2D eigenvalue weighted by molar-refractivity contribution is 5.15. The van der Waals surface area contributed by atoms with Gasteiger partial charge in [-0.2, -0.15) is 0 Å². The molecule has 340 valence electrons. The fraction of sp³-hybridized carbons (Fsp3) is 1.00. The second-order valence-electron chi connectivity index (χ2n) is 21.2. The van der Waals surface area contributed by atoms with Crippen molar-refractivity contribution in [3.63, 3.8) is 0 Å². The molecule has 0 aromatic carbocycles. The number of fused-ring (bicyclic) bond motifs is 28. The Morgan fingerprint density at radius 2 is 0.448 bits per heavy atom. The van der Waals surface area contributed by atoms with Gasteiger partial charge in [-0.15, -0.1) is 0 Å². The first kappa shape index (κ1) is 48.8. The third-order valence-electron chi connectivity index (χ3n) is 19.0. The first-order valence-corrected chi connectivity index (χ1v) is 25.9. The van der Waals surface area contributed by atoms with Crippen LogP contribution in [-0.4, -0.2) is 70.3 Å². The van der Waals surface area contributed by atoms with Crippen molar-refractivity contribution in [1.29, 1.82) is 0 Å². The fourth-order valence-electron chi connectivity index (χ4n) is 18.4. The standard InChI is InChI=1S/2C15H22.C10H16.6C2H6O/c1-3-10-5-8(1)12-7-13-9-2-4-11(6-9)15(13)14(10)12;1-2-10-11(3-1)13-7-12(10)14-8-4-5-9(6-8)15(13)14;1-2-9-7-4-5-8(6-7)10(9)3-1;6*1-2-3/h2*8-15H,1-7H2;7-10H,1-6H2;6*3H,2H2,1H3. The molecule has 0 aromatic heterocycles. The number of hydrogen-bond acceptors (Lipinski definition) is 6. The molecule has 6 nitrogen and oxygen atoms in total. The Bertz CT molecular complexity index is 1040.